The number of carbonyl (C=O) groups excluding carboxylic acids is 2. The highest BCUT2D eigenvalue weighted by atomic mass is 16.2. The van der Waals surface area contributed by atoms with Gasteiger partial charge in [-0.15, -0.1) is 0 Å². The zero-order valence-corrected chi connectivity index (χ0v) is 9.54. The molecule has 0 rings (SSSR count). The van der Waals surface area contributed by atoms with Crippen molar-refractivity contribution in [3.05, 3.63) is 11.6 Å². The van der Waals surface area contributed by atoms with E-state index in [9.17, 15) is 9.59 Å². The van der Waals surface area contributed by atoms with Crippen LogP contribution in [0.2, 0.25) is 0 Å². The molecule has 0 fully saturated rings. The van der Waals surface area contributed by atoms with Gasteiger partial charge in [0, 0.05) is 12.1 Å². The first-order valence-corrected chi connectivity index (χ1v) is 5.07. The number of nitrogens with zero attached hydrogens (tertiary/aromatic N) is 1. The summed E-state index contributed by atoms with van der Waals surface area (Å²) < 4.78 is 0. The summed E-state index contributed by atoms with van der Waals surface area (Å²) in [6.07, 6.45) is 3.67. The molecule has 0 saturated carbocycles. The highest BCUT2D eigenvalue weighted by molar-refractivity contribution is 5.93. The Morgan fingerprint density at radius 2 is 2.00 bits per heavy atom. The van der Waals surface area contributed by atoms with E-state index in [2.05, 4.69) is 5.43 Å². The van der Waals surface area contributed by atoms with Crippen LogP contribution < -0.4 is 11.2 Å². The molecule has 0 spiro atoms. The van der Waals surface area contributed by atoms with Crippen LogP contribution in [0.15, 0.2) is 11.6 Å². The van der Waals surface area contributed by atoms with E-state index in [1.165, 1.54) is 0 Å². The summed E-state index contributed by atoms with van der Waals surface area (Å²) in [7, 11) is 0. The number of primary amides is 1. The molecule has 0 heterocycles. The SMILES string of the molecule is CCCC=C(C)C(=O)NN(CC)C(N)=O. The van der Waals surface area contributed by atoms with Crippen LogP contribution in [-0.4, -0.2) is 23.5 Å². The van der Waals surface area contributed by atoms with Crippen molar-refractivity contribution < 1.29 is 9.59 Å². The van der Waals surface area contributed by atoms with Gasteiger partial charge in [0.15, 0.2) is 0 Å². The van der Waals surface area contributed by atoms with E-state index in [1.54, 1.807) is 13.8 Å². The van der Waals surface area contributed by atoms with E-state index < -0.39 is 6.03 Å². The predicted molar refractivity (Wildman–Crippen MR) is 58.8 cm³/mol. The number of allylic oxidation sites excluding steroid dienone is 1. The summed E-state index contributed by atoms with van der Waals surface area (Å²) in [6.45, 7) is 5.82. The number of nitrogens with two attached hydrogens (primary N) is 1. The molecule has 0 saturated heterocycles. The topological polar surface area (TPSA) is 75.4 Å². The number of urea groups is 1. The zero-order valence-electron chi connectivity index (χ0n) is 9.54. The third-order valence-corrected chi connectivity index (χ3v) is 1.92. The van der Waals surface area contributed by atoms with E-state index in [-0.39, 0.29) is 5.91 Å². The number of unbranched alkanes of at least 4 members (excludes halogenated alkanes) is 1. The second-order valence-electron chi connectivity index (χ2n) is 3.20. The lowest BCUT2D eigenvalue weighted by Crippen LogP contribution is -2.48. The molecule has 0 aliphatic heterocycles. The highest BCUT2D eigenvalue weighted by Gasteiger charge is 2.11. The average molecular weight is 213 g/mol. The van der Waals surface area contributed by atoms with Crippen molar-refractivity contribution in [1.82, 2.24) is 10.4 Å². The summed E-state index contributed by atoms with van der Waals surface area (Å²) in [5.41, 5.74) is 8.07. The van der Waals surface area contributed by atoms with Crippen molar-refractivity contribution in [3.8, 4) is 0 Å². The van der Waals surface area contributed by atoms with E-state index in [0.29, 0.717) is 12.1 Å². The monoisotopic (exact) mass is 213 g/mol. The fourth-order valence-corrected chi connectivity index (χ4v) is 0.954. The van der Waals surface area contributed by atoms with Crippen molar-refractivity contribution >= 4 is 11.9 Å². The fourth-order valence-electron chi connectivity index (χ4n) is 0.954. The van der Waals surface area contributed by atoms with E-state index >= 15 is 0 Å². The molecule has 0 aromatic carbocycles. The Balaban J connectivity index is 4.28. The summed E-state index contributed by atoms with van der Waals surface area (Å²) in [4.78, 5) is 22.3. The molecule has 0 bridgehead atoms. The normalized spacial score (nSPS) is 11.0. The lowest BCUT2D eigenvalue weighted by atomic mass is 10.2. The molecule has 0 aliphatic carbocycles. The van der Waals surface area contributed by atoms with Crippen molar-refractivity contribution in [1.29, 1.82) is 0 Å². The van der Waals surface area contributed by atoms with Gasteiger partial charge in [-0.25, -0.2) is 9.80 Å². The molecule has 5 nitrogen and oxygen atoms in total. The largest absolute Gasteiger partial charge is 0.350 e. The third kappa shape index (κ3) is 5.05. The van der Waals surface area contributed by atoms with Gasteiger partial charge in [0.1, 0.15) is 0 Å². The van der Waals surface area contributed by atoms with Crippen LogP contribution in [0.25, 0.3) is 0 Å². The van der Waals surface area contributed by atoms with Crippen LogP contribution in [0.5, 0.6) is 0 Å². The first-order valence-electron chi connectivity index (χ1n) is 5.07. The molecule has 0 atom stereocenters. The molecule has 0 radical (unpaired) electrons. The molecule has 86 valence electrons. The predicted octanol–water partition coefficient (Wildman–Crippen LogP) is 1.16. The third-order valence-electron chi connectivity index (χ3n) is 1.92. The molecule has 3 N–H and O–H groups in total. The highest BCUT2D eigenvalue weighted by Crippen LogP contribution is 1.98. The standard InChI is InChI=1S/C10H19N3O2/c1-4-6-7-8(3)9(14)12-13(5-2)10(11)15/h7H,4-6H2,1-3H3,(H2,11,15)(H,12,14). The number of nitrogens with one attached hydrogen (secondary N) is 1. The number of carbonyl (C=O) groups is 2. The Hall–Kier alpha value is -1.52. The van der Waals surface area contributed by atoms with Crippen LogP contribution >= 0.6 is 0 Å². The van der Waals surface area contributed by atoms with Gasteiger partial charge in [-0.3, -0.25) is 10.2 Å². The van der Waals surface area contributed by atoms with Gasteiger partial charge in [0.2, 0.25) is 0 Å². The fraction of sp³-hybridized carbons (Fsp3) is 0.600. The molecule has 0 aromatic heterocycles. The molecular formula is C10H19N3O2. The van der Waals surface area contributed by atoms with Crippen LogP contribution in [0.3, 0.4) is 0 Å². The summed E-state index contributed by atoms with van der Waals surface area (Å²) >= 11 is 0. The quantitative estimate of drug-likeness (QED) is 0.543. The minimum atomic E-state index is -0.658. The maximum Gasteiger partial charge on any atom is 0.333 e. The van der Waals surface area contributed by atoms with E-state index in [0.717, 1.165) is 17.9 Å². The Kier molecular flexibility index (Phi) is 6.17. The maximum atomic E-state index is 11.5. The van der Waals surface area contributed by atoms with Crippen molar-refractivity contribution in [2.45, 2.75) is 33.6 Å². The minimum absolute atomic E-state index is 0.288. The van der Waals surface area contributed by atoms with Crippen LogP contribution in [0.1, 0.15) is 33.6 Å². The van der Waals surface area contributed by atoms with Gasteiger partial charge in [0.05, 0.1) is 0 Å². The zero-order chi connectivity index (χ0) is 11.8. The molecule has 0 aliphatic rings. The van der Waals surface area contributed by atoms with E-state index in [4.69, 9.17) is 5.73 Å². The Morgan fingerprint density at radius 3 is 2.40 bits per heavy atom. The lowest BCUT2D eigenvalue weighted by Gasteiger charge is -2.19. The van der Waals surface area contributed by atoms with Gasteiger partial charge in [-0.2, -0.15) is 0 Å². The molecular weight excluding hydrogens is 194 g/mol. The number of hydrogen-bond donors (Lipinski definition) is 2. The van der Waals surface area contributed by atoms with Crippen LogP contribution in [-0.2, 0) is 4.79 Å². The summed E-state index contributed by atoms with van der Waals surface area (Å²) in [5, 5.41) is 1.08. The van der Waals surface area contributed by atoms with Gasteiger partial charge >= 0.3 is 6.03 Å². The first kappa shape index (κ1) is 13.5. The molecule has 0 aromatic rings. The van der Waals surface area contributed by atoms with Gasteiger partial charge in [0.25, 0.3) is 5.91 Å². The smallest absolute Gasteiger partial charge is 0.333 e. The Morgan fingerprint density at radius 1 is 1.40 bits per heavy atom. The number of hydrogen-bond acceptors (Lipinski definition) is 2. The number of amides is 3. The van der Waals surface area contributed by atoms with Crippen LogP contribution in [0, 0.1) is 0 Å². The average Bonchev–Trinajstić information content (AvgIpc) is 2.21. The van der Waals surface area contributed by atoms with Gasteiger partial charge < -0.3 is 5.73 Å². The number of rotatable bonds is 4. The molecule has 5 heteroatoms. The Bertz CT molecular complexity index is 261. The lowest BCUT2D eigenvalue weighted by molar-refractivity contribution is -0.120. The second-order valence-corrected chi connectivity index (χ2v) is 3.20. The molecule has 15 heavy (non-hydrogen) atoms. The molecule has 3 amide bonds. The first-order chi connectivity index (χ1) is 7.02. The van der Waals surface area contributed by atoms with Crippen molar-refractivity contribution in [3.63, 3.8) is 0 Å². The maximum absolute atomic E-state index is 11.5. The van der Waals surface area contributed by atoms with Gasteiger partial charge in [-0.05, 0) is 20.3 Å². The summed E-state index contributed by atoms with van der Waals surface area (Å²) in [5.74, 6) is -0.288. The van der Waals surface area contributed by atoms with Gasteiger partial charge in [-0.1, -0.05) is 19.4 Å². The van der Waals surface area contributed by atoms with Crippen molar-refractivity contribution in [2.75, 3.05) is 6.54 Å². The van der Waals surface area contributed by atoms with E-state index in [1.807, 2.05) is 13.0 Å². The summed E-state index contributed by atoms with van der Waals surface area (Å²) in [6, 6.07) is -0.658. The number of hydrazine groups is 1. The minimum Gasteiger partial charge on any atom is -0.350 e. The van der Waals surface area contributed by atoms with Crippen molar-refractivity contribution in [2.24, 2.45) is 5.73 Å². The van der Waals surface area contributed by atoms with Crippen LogP contribution in [0.4, 0.5) is 4.79 Å². The Labute approximate surface area is 90.3 Å². The second kappa shape index (κ2) is 6.86. The molecule has 0 unspecified atom stereocenters.